The highest BCUT2D eigenvalue weighted by atomic mass is 32.2. The van der Waals surface area contributed by atoms with Gasteiger partial charge >= 0.3 is 5.97 Å². The zero-order valence-electron chi connectivity index (χ0n) is 13.8. The van der Waals surface area contributed by atoms with Gasteiger partial charge < -0.3 is 10.1 Å². The predicted molar refractivity (Wildman–Crippen MR) is 87.6 cm³/mol. The topological polar surface area (TPSA) is 116 Å². The molecule has 138 valence electrons. The van der Waals surface area contributed by atoms with Crippen LogP contribution in [0.15, 0.2) is 23.1 Å². The van der Waals surface area contributed by atoms with E-state index >= 15 is 0 Å². The van der Waals surface area contributed by atoms with E-state index in [9.17, 15) is 22.4 Å². The van der Waals surface area contributed by atoms with Crippen LogP contribution in [0.5, 0.6) is 0 Å². The van der Waals surface area contributed by atoms with Gasteiger partial charge in [0.1, 0.15) is 5.82 Å². The molecule has 25 heavy (non-hydrogen) atoms. The van der Waals surface area contributed by atoms with Gasteiger partial charge in [0.15, 0.2) is 6.61 Å². The fourth-order valence-electron chi connectivity index (χ4n) is 2.83. The fraction of sp³-hybridized carbons (Fsp3) is 0.500. The third-order valence-corrected chi connectivity index (χ3v) is 5.19. The molecule has 1 fully saturated rings. The number of esters is 1. The zero-order chi connectivity index (χ0) is 18.6. The number of benzene rings is 1. The summed E-state index contributed by atoms with van der Waals surface area (Å²) in [5.74, 6) is -2.22. The summed E-state index contributed by atoms with van der Waals surface area (Å²) < 4.78 is 41.1. The summed E-state index contributed by atoms with van der Waals surface area (Å²) in [5.41, 5.74) is -0.592. The van der Waals surface area contributed by atoms with Gasteiger partial charge in [0.25, 0.3) is 5.91 Å². The number of hydrogen-bond donors (Lipinski definition) is 2. The lowest BCUT2D eigenvalue weighted by Crippen LogP contribution is -2.42. The van der Waals surface area contributed by atoms with Crippen molar-refractivity contribution in [3.05, 3.63) is 29.6 Å². The van der Waals surface area contributed by atoms with Crippen molar-refractivity contribution in [3.63, 3.8) is 0 Å². The highest BCUT2D eigenvalue weighted by Crippen LogP contribution is 2.23. The van der Waals surface area contributed by atoms with Crippen LogP contribution in [0.2, 0.25) is 0 Å². The van der Waals surface area contributed by atoms with Gasteiger partial charge in [-0.25, -0.2) is 22.7 Å². The Kier molecular flexibility index (Phi) is 6.12. The van der Waals surface area contributed by atoms with Crippen molar-refractivity contribution in [2.75, 3.05) is 6.61 Å². The summed E-state index contributed by atoms with van der Waals surface area (Å²) >= 11 is 0. The predicted octanol–water partition coefficient (Wildman–Crippen LogP) is 1.32. The Labute approximate surface area is 145 Å². The number of carbonyl (C=O) groups excluding carboxylic acids is 2. The first-order chi connectivity index (χ1) is 11.7. The molecule has 0 spiro atoms. The number of ether oxygens (including phenoxy) is 1. The average Bonchev–Trinajstić information content (AvgIpc) is 2.54. The molecule has 0 aliphatic heterocycles. The number of rotatable bonds is 5. The van der Waals surface area contributed by atoms with E-state index in [0.29, 0.717) is 5.92 Å². The summed E-state index contributed by atoms with van der Waals surface area (Å²) in [4.78, 5) is 23.4. The molecule has 0 aromatic heterocycles. The number of carbonyl (C=O) groups is 2. The Morgan fingerprint density at radius 3 is 2.64 bits per heavy atom. The fourth-order valence-corrected chi connectivity index (χ4v) is 3.37. The molecular formula is C16H21FN2O5S. The lowest BCUT2D eigenvalue weighted by molar-refractivity contribution is -0.125. The van der Waals surface area contributed by atoms with Crippen molar-refractivity contribution in [2.24, 2.45) is 11.1 Å². The molecule has 0 bridgehead atoms. The van der Waals surface area contributed by atoms with Crippen LogP contribution in [-0.4, -0.2) is 32.9 Å². The Morgan fingerprint density at radius 1 is 1.32 bits per heavy atom. The average molecular weight is 372 g/mol. The molecule has 1 saturated carbocycles. The van der Waals surface area contributed by atoms with Gasteiger partial charge in [0.2, 0.25) is 10.0 Å². The minimum absolute atomic E-state index is 0.0300. The van der Waals surface area contributed by atoms with E-state index in [4.69, 9.17) is 9.88 Å². The van der Waals surface area contributed by atoms with E-state index in [1.807, 2.05) is 6.92 Å². The van der Waals surface area contributed by atoms with Crippen LogP contribution in [0.3, 0.4) is 0 Å². The maximum Gasteiger partial charge on any atom is 0.341 e. The van der Waals surface area contributed by atoms with Crippen molar-refractivity contribution < 1.29 is 27.1 Å². The molecule has 0 unspecified atom stereocenters. The van der Waals surface area contributed by atoms with E-state index in [-0.39, 0.29) is 6.04 Å². The van der Waals surface area contributed by atoms with E-state index in [1.54, 1.807) is 0 Å². The lowest BCUT2D eigenvalue weighted by Gasteiger charge is -2.29. The van der Waals surface area contributed by atoms with Gasteiger partial charge in [-0.15, -0.1) is 0 Å². The summed E-state index contributed by atoms with van der Waals surface area (Å²) in [6, 6.07) is 2.56. The van der Waals surface area contributed by atoms with Crippen molar-refractivity contribution in [2.45, 2.75) is 43.5 Å². The summed E-state index contributed by atoms with van der Waals surface area (Å²) in [6.45, 7) is 1.48. The molecule has 1 aromatic carbocycles. The highest BCUT2D eigenvalue weighted by Gasteiger charge is 2.24. The molecule has 9 heteroatoms. The Bertz CT molecular complexity index is 766. The molecule has 0 heterocycles. The minimum Gasteiger partial charge on any atom is -0.452 e. The van der Waals surface area contributed by atoms with E-state index in [1.165, 1.54) is 0 Å². The molecule has 3 N–H and O–H groups in total. The van der Waals surface area contributed by atoms with Crippen molar-refractivity contribution in [3.8, 4) is 0 Å². The standard InChI is InChI=1S/C16H21FN2O5S/c1-10-4-2-3-5-14(10)19-15(20)9-24-16(21)12-8-11(25(18,22)23)6-7-13(12)17/h6-8,10,14H,2-5,9H2,1H3,(H,19,20)(H2,18,22,23)/t10-,14-/m0/s1. The molecule has 7 nitrogen and oxygen atoms in total. The summed E-state index contributed by atoms with van der Waals surface area (Å²) in [7, 11) is -4.09. The largest absolute Gasteiger partial charge is 0.452 e. The van der Waals surface area contributed by atoms with Crippen LogP contribution in [0.25, 0.3) is 0 Å². The van der Waals surface area contributed by atoms with Gasteiger partial charge in [-0.05, 0) is 37.0 Å². The van der Waals surface area contributed by atoms with E-state index < -0.39 is 44.8 Å². The number of amides is 1. The summed E-state index contributed by atoms with van der Waals surface area (Å²) in [6.07, 6.45) is 4.05. The number of sulfonamides is 1. The maximum atomic E-state index is 13.7. The van der Waals surface area contributed by atoms with Crippen molar-refractivity contribution >= 4 is 21.9 Å². The van der Waals surface area contributed by atoms with Crippen LogP contribution in [0.1, 0.15) is 43.0 Å². The SMILES string of the molecule is C[C@H]1CCCC[C@@H]1NC(=O)COC(=O)c1cc(S(N)(=O)=O)ccc1F. The van der Waals surface area contributed by atoms with E-state index in [2.05, 4.69) is 5.32 Å². The molecule has 0 saturated heterocycles. The first-order valence-corrected chi connectivity index (χ1v) is 9.52. The van der Waals surface area contributed by atoms with Crippen LogP contribution in [-0.2, 0) is 19.6 Å². The zero-order valence-corrected chi connectivity index (χ0v) is 14.6. The Balaban J connectivity index is 1.97. The molecule has 1 aromatic rings. The molecular weight excluding hydrogens is 351 g/mol. The maximum absolute atomic E-state index is 13.7. The van der Waals surface area contributed by atoms with Crippen LogP contribution in [0, 0.1) is 11.7 Å². The number of hydrogen-bond acceptors (Lipinski definition) is 5. The quantitative estimate of drug-likeness (QED) is 0.757. The molecule has 2 atom stereocenters. The van der Waals surface area contributed by atoms with Gasteiger partial charge in [-0.1, -0.05) is 19.8 Å². The van der Waals surface area contributed by atoms with Crippen molar-refractivity contribution in [1.82, 2.24) is 5.32 Å². The van der Waals surface area contributed by atoms with Gasteiger partial charge in [-0.3, -0.25) is 4.79 Å². The first-order valence-electron chi connectivity index (χ1n) is 7.97. The van der Waals surface area contributed by atoms with E-state index in [0.717, 1.165) is 43.9 Å². The van der Waals surface area contributed by atoms with Gasteiger partial charge in [0.05, 0.1) is 10.5 Å². The highest BCUT2D eigenvalue weighted by molar-refractivity contribution is 7.89. The number of nitrogens with one attached hydrogen (secondary N) is 1. The van der Waals surface area contributed by atoms with Crippen molar-refractivity contribution in [1.29, 1.82) is 0 Å². The van der Waals surface area contributed by atoms with Crippen LogP contribution >= 0.6 is 0 Å². The lowest BCUT2D eigenvalue weighted by atomic mass is 9.86. The number of nitrogens with two attached hydrogens (primary N) is 1. The third-order valence-electron chi connectivity index (χ3n) is 4.28. The molecule has 2 rings (SSSR count). The molecule has 0 radical (unpaired) electrons. The molecule has 1 aliphatic rings. The summed E-state index contributed by atoms with van der Waals surface area (Å²) in [5, 5.41) is 7.75. The number of primary sulfonamides is 1. The monoisotopic (exact) mass is 372 g/mol. The Morgan fingerprint density at radius 2 is 2.00 bits per heavy atom. The molecule has 1 amide bonds. The third kappa shape index (κ3) is 5.23. The minimum atomic E-state index is -4.09. The molecule has 1 aliphatic carbocycles. The van der Waals surface area contributed by atoms with Crippen LogP contribution in [0.4, 0.5) is 4.39 Å². The second-order valence-corrected chi connectivity index (χ2v) is 7.76. The van der Waals surface area contributed by atoms with Gasteiger partial charge in [0, 0.05) is 6.04 Å². The van der Waals surface area contributed by atoms with Gasteiger partial charge in [-0.2, -0.15) is 0 Å². The first kappa shape index (κ1) is 19.3. The second-order valence-electron chi connectivity index (χ2n) is 6.20. The second kappa shape index (κ2) is 7.92. The number of halogens is 1. The Hall–Kier alpha value is -2.00. The normalized spacial score (nSPS) is 20.8. The van der Waals surface area contributed by atoms with Crippen LogP contribution < -0.4 is 10.5 Å². The smallest absolute Gasteiger partial charge is 0.341 e.